The van der Waals surface area contributed by atoms with Gasteiger partial charge < -0.3 is 10.6 Å². The highest BCUT2D eigenvalue weighted by molar-refractivity contribution is 5.85. The Morgan fingerprint density at radius 2 is 1.52 bits per heavy atom. The van der Waals surface area contributed by atoms with Crippen LogP contribution in [-0.2, 0) is 17.8 Å². The third-order valence-electron chi connectivity index (χ3n) is 5.07. The van der Waals surface area contributed by atoms with E-state index < -0.39 is 0 Å². The van der Waals surface area contributed by atoms with Gasteiger partial charge >= 0.3 is 0 Å². The van der Waals surface area contributed by atoms with Gasteiger partial charge in [0.2, 0.25) is 5.91 Å². The molecule has 0 radical (unpaired) electrons. The molecule has 1 heterocycles. The van der Waals surface area contributed by atoms with Crippen LogP contribution in [0.15, 0.2) is 60.7 Å². The van der Waals surface area contributed by atoms with Crippen molar-refractivity contribution in [1.29, 1.82) is 0 Å². The second-order valence-electron chi connectivity index (χ2n) is 7.15. The number of hydrogen-bond donors (Lipinski definition) is 1. The van der Waals surface area contributed by atoms with Crippen molar-refractivity contribution in [2.75, 3.05) is 26.2 Å². The standard InChI is InChI=1S/C22H29N3O.ClH/c23-21-12-14-24(15-13-21)18-22(26)25(17-20-9-5-2-6-10-20)16-11-19-7-3-1-4-8-19;/h1-10,21H,11-18,23H2;1H. The van der Waals surface area contributed by atoms with Crippen LogP contribution in [0.4, 0.5) is 0 Å². The number of benzene rings is 2. The van der Waals surface area contributed by atoms with E-state index in [1.165, 1.54) is 11.1 Å². The quantitative estimate of drug-likeness (QED) is 0.794. The molecule has 27 heavy (non-hydrogen) atoms. The molecule has 0 unspecified atom stereocenters. The number of nitrogens with two attached hydrogens (primary N) is 1. The van der Waals surface area contributed by atoms with Gasteiger partial charge in [-0.05, 0) is 30.4 Å². The summed E-state index contributed by atoms with van der Waals surface area (Å²) >= 11 is 0. The molecule has 1 aliphatic rings. The van der Waals surface area contributed by atoms with E-state index in [4.69, 9.17) is 5.73 Å². The van der Waals surface area contributed by atoms with E-state index in [0.29, 0.717) is 19.1 Å². The molecule has 0 atom stereocenters. The SMILES string of the molecule is Cl.NC1CCN(CC(=O)N(CCc2ccccc2)Cc2ccccc2)CC1. The Hall–Kier alpha value is -1.88. The molecule has 2 aromatic rings. The second-order valence-corrected chi connectivity index (χ2v) is 7.15. The summed E-state index contributed by atoms with van der Waals surface area (Å²) in [4.78, 5) is 17.2. The van der Waals surface area contributed by atoms with Crippen LogP contribution in [0.1, 0.15) is 24.0 Å². The summed E-state index contributed by atoms with van der Waals surface area (Å²) in [5.74, 6) is 0.209. The first kappa shape index (κ1) is 21.4. The van der Waals surface area contributed by atoms with Gasteiger partial charge in [-0.15, -0.1) is 12.4 Å². The normalized spacial score (nSPS) is 15.1. The van der Waals surface area contributed by atoms with Gasteiger partial charge in [0, 0.05) is 32.2 Å². The molecule has 1 saturated heterocycles. The minimum absolute atomic E-state index is 0. The van der Waals surface area contributed by atoms with Gasteiger partial charge in [0.25, 0.3) is 0 Å². The van der Waals surface area contributed by atoms with Crippen LogP contribution < -0.4 is 5.73 Å². The fraction of sp³-hybridized carbons (Fsp3) is 0.409. The molecule has 4 nitrogen and oxygen atoms in total. The minimum atomic E-state index is 0. The van der Waals surface area contributed by atoms with Crippen molar-refractivity contribution in [1.82, 2.24) is 9.80 Å². The lowest BCUT2D eigenvalue weighted by molar-refractivity contribution is -0.133. The number of halogens is 1. The van der Waals surface area contributed by atoms with Crippen molar-refractivity contribution in [3.63, 3.8) is 0 Å². The van der Waals surface area contributed by atoms with Gasteiger partial charge in [0.05, 0.1) is 6.54 Å². The maximum atomic E-state index is 13.0. The van der Waals surface area contributed by atoms with E-state index in [2.05, 4.69) is 41.3 Å². The number of amides is 1. The van der Waals surface area contributed by atoms with Gasteiger partial charge in [-0.2, -0.15) is 0 Å². The van der Waals surface area contributed by atoms with E-state index in [-0.39, 0.29) is 18.3 Å². The first-order chi connectivity index (χ1) is 12.7. The van der Waals surface area contributed by atoms with E-state index in [9.17, 15) is 4.79 Å². The number of carbonyl (C=O) groups is 1. The zero-order valence-corrected chi connectivity index (χ0v) is 16.6. The van der Waals surface area contributed by atoms with Crippen LogP contribution in [-0.4, -0.2) is 47.9 Å². The van der Waals surface area contributed by atoms with Crippen LogP contribution in [0.3, 0.4) is 0 Å². The van der Waals surface area contributed by atoms with Gasteiger partial charge in [0.1, 0.15) is 0 Å². The average Bonchev–Trinajstić information content (AvgIpc) is 2.68. The predicted molar refractivity (Wildman–Crippen MR) is 113 cm³/mol. The summed E-state index contributed by atoms with van der Waals surface area (Å²) in [5, 5.41) is 0. The Bertz CT molecular complexity index is 672. The summed E-state index contributed by atoms with van der Waals surface area (Å²) < 4.78 is 0. The molecule has 5 heteroatoms. The molecular weight excluding hydrogens is 358 g/mol. The van der Waals surface area contributed by atoms with E-state index >= 15 is 0 Å². The van der Waals surface area contributed by atoms with Gasteiger partial charge in [0.15, 0.2) is 0 Å². The van der Waals surface area contributed by atoms with Crippen molar-refractivity contribution in [3.8, 4) is 0 Å². The number of hydrogen-bond acceptors (Lipinski definition) is 3. The minimum Gasteiger partial charge on any atom is -0.337 e. The largest absolute Gasteiger partial charge is 0.337 e. The molecule has 1 aliphatic heterocycles. The Morgan fingerprint density at radius 1 is 0.963 bits per heavy atom. The Morgan fingerprint density at radius 3 is 2.11 bits per heavy atom. The molecule has 1 fully saturated rings. The number of rotatable bonds is 7. The molecule has 3 rings (SSSR count). The smallest absolute Gasteiger partial charge is 0.237 e. The lowest BCUT2D eigenvalue weighted by atomic mass is 10.1. The van der Waals surface area contributed by atoms with Crippen molar-refractivity contribution in [3.05, 3.63) is 71.8 Å². The van der Waals surface area contributed by atoms with E-state index in [0.717, 1.165) is 38.9 Å². The summed E-state index contributed by atoms with van der Waals surface area (Å²) in [5.41, 5.74) is 8.42. The topological polar surface area (TPSA) is 49.6 Å². The van der Waals surface area contributed by atoms with Crippen LogP contribution >= 0.6 is 12.4 Å². The van der Waals surface area contributed by atoms with Crippen LogP contribution in [0.5, 0.6) is 0 Å². The van der Waals surface area contributed by atoms with E-state index in [1.807, 2.05) is 29.2 Å². The summed E-state index contributed by atoms with van der Waals surface area (Å²) in [6, 6.07) is 20.9. The number of nitrogens with zero attached hydrogens (tertiary/aromatic N) is 2. The summed E-state index contributed by atoms with van der Waals surface area (Å²) in [6.07, 6.45) is 2.84. The number of carbonyl (C=O) groups excluding carboxylic acids is 1. The summed E-state index contributed by atoms with van der Waals surface area (Å²) in [6.45, 7) is 3.74. The maximum absolute atomic E-state index is 13.0. The first-order valence-corrected chi connectivity index (χ1v) is 9.54. The number of piperidine rings is 1. The third-order valence-corrected chi connectivity index (χ3v) is 5.07. The van der Waals surface area contributed by atoms with Crippen LogP contribution in [0.25, 0.3) is 0 Å². The molecule has 1 amide bonds. The molecule has 146 valence electrons. The first-order valence-electron chi connectivity index (χ1n) is 9.54. The Labute approximate surface area is 168 Å². The Balaban J connectivity index is 0.00000261. The van der Waals surface area contributed by atoms with Crippen LogP contribution in [0.2, 0.25) is 0 Å². The summed E-state index contributed by atoms with van der Waals surface area (Å²) in [7, 11) is 0. The molecule has 2 aromatic carbocycles. The average molecular weight is 388 g/mol. The fourth-order valence-electron chi connectivity index (χ4n) is 3.41. The molecule has 0 aliphatic carbocycles. The zero-order chi connectivity index (χ0) is 18.2. The zero-order valence-electron chi connectivity index (χ0n) is 15.8. The maximum Gasteiger partial charge on any atom is 0.237 e. The lowest BCUT2D eigenvalue weighted by Gasteiger charge is -2.32. The third kappa shape index (κ3) is 6.98. The Kier molecular flexibility index (Phi) is 8.79. The highest BCUT2D eigenvalue weighted by Crippen LogP contribution is 2.11. The molecule has 0 saturated carbocycles. The van der Waals surface area contributed by atoms with Gasteiger partial charge in [-0.25, -0.2) is 0 Å². The highest BCUT2D eigenvalue weighted by Gasteiger charge is 2.21. The fourth-order valence-corrected chi connectivity index (χ4v) is 3.41. The van der Waals surface area contributed by atoms with Crippen molar-refractivity contribution >= 4 is 18.3 Å². The predicted octanol–water partition coefficient (Wildman–Crippen LogP) is 3.10. The molecular formula is C22H30ClN3O. The lowest BCUT2D eigenvalue weighted by Crippen LogP contribution is -2.46. The monoisotopic (exact) mass is 387 g/mol. The second kappa shape index (κ2) is 11.1. The van der Waals surface area contributed by atoms with Gasteiger partial charge in [-0.3, -0.25) is 9.69 Å². The molecule has 2 N–H and O–H groups in total. The van der Waals surface area contributed by atoms with Crippen molar-refractivity contribution in [2.24, 2.45) is 5.73 Å². The van der Waals surface area contributed by atoms with Crippen LogP contribution in [0, 0.1) is 0 Å². The van der Waals surface area contributed by atoms with Gasteiger partial charge in [-0.1, -0.05) is 60.7 Å². The van der Waals surface area contributed by atoms with Crippen molar-refractivity contribution in [2.45, 2.75) is 31.8 Å². The molecule has 0 bridgehead atoms. The van der Waals surface area contributed by atoms with Crippen molar-refractivity contribution < 1.29 is 4.79 Å². The van der Waals surface area contributed by atoms with E-state index in [1.54, 1.807) is 0 Å². The molecule has 0 spiro atoms. The number of likely N-dealkylation sites (tertiary alicyclic amines) is 1. The molecule has 0 aromatic heterocycles. The highest BCUT2D eigenvalue weighted by atomic mass is 35.5.